The average molecular weight is 279 g/mol. The smallest absolute Gasteiger partial charge is 0.260 e. The second kappa shape index (κ2) is 6.01. The zero-order chi connectivity index (χ0) is 14.6. The van der Waals surface area contributed by atoms with Crippen molar-refractivity contribution in [3.63, 3.8) is 0 Å². The predicted octanol–water partition coefficient (Wildman–Crippen LogP) is 2.56. The van der Waals surface area contributed by atoms with Crippen LogP contribution in [-0.2, 0) is 4.79 Å². The highest BCUT2D eigenvalue weighted by molar-refractivity contribution is 6.76. The molecule has 4 nitrogen and oxygen atoms in total. The Morgan fingerprint density at radius 3 is 2.05 bits per heavy atom. The van der Waals surface area contributed by atoms with Crippen LogP contribution in [0.3, 0.4) is 0 Å². The van der Waals surface area contributed by atoms with E-state index in [4.69, 9.17) is 4.74 Å². The maximum atomic E-state index is 12.4. The minimum atomic E-state index is -1.54. The minimum Gasteiger partial charge on any atom is -0.497 e. The Morgan fingerprint density at radius 2 is 1.68 bits per heavy atom. The summed E-state index contributed by atoms with van der Waals surface area (Å²) in [5.41, 5.74) is 0.509. The predicted molar refractivity (Wildman–Crippen MR) is 78.1 cm³/mol. The van der Waals surface area contributed by atoms with Gasteiger partial charge in [-0.3, -0.25) is 14.5 Å². The highest BCUT2D eigenvalue weighted by atomic mass is 28.3. The lowest BCUT2D eigenvalue weighted by atomic mass is 10.2. The summed E-state index contributed by atoms with van der Waals surface area (Å²) in [7, 11) is 0.0364. The van der Waals surface area contributed by atoms with Crippen LogP contribution >= 0.6 is 0 Å². The molecule has 1 rings (SSSR count). The molecule has 0 N–H and O–H groups in total. The van der Waals surface area contributed by atoms with Crippen LogP contribution in [-0.4, -0.2) is 38.1 Å². The second-order valence-electron chi connectivity index (χ2n) is 5.70. The average Bonchev–Trinajstić information content (AvgIpc) is 2.34. The molecule has 0 saturated carbocycles. The van der Waals surface area contributed by atoms with Crippen molar-refractivity contribution in [2.45, 2.75) is 26.6 Å². The first kappa shape index (κ1) is 15.4. The van der Waals surface area contributed by atoms with Gasteiger partial charge in [0.15, 0.2) is 0 Å². The van der Waals surface area contributed by atoms with Gasteiger partial charge in [-0.2, -0.15) is 0 Å². The van der Waals surface area contributed by atoms with Crippen molar-refractivity contribution in [2.24, 2.45) is 0 Å². The molecule has 104 valence electrons. The Bertz CT molecular complexity index is 463. The highest BCUT2D eigenvalue weighted by Crippen LogP contribution is 2.14. The highest BCUT2D eigenvalue weighted by Gasteiger charge is 2.26. The third kappa shape index (κ3) is 4.52. The van der Waals surface area contributed by atoms with Gasteiger partial charge >= 0.3 is 0 Å². The summed E-state index contributed by atoms with van der Waals surface area (Å²) in [5.74, 6) is 0.247. The fraction of sp³-hybridized carbons (Fsp3) is 0.429. The third-order valence-corrected chi connectivity index (χ3v) is 3.86. The molecule has 0 aliphatic heterocycles. The number of carbonyl (C=O) groups excluding carboxylic acids is 2. The van der Waals surface area contributed by atoms with E-state index in [-0.39, 0.29) is 11.8 Å². The van der Waals surface area contributed by atoms with Gasteiger partial charge in [0.1, 0.15) is 5.75 Å². The Balaban J connectivity index is 2.96. The number of imide groups is 1. The van der Waals surface area contributed by atoms with E-state index in [9.17, 15) is 9.59 Å². The molecule has 0 aliphatic carbocycles. The number of rotatable bonds is 4. The van der Waals surface area contributed by atoms with Gasteiger partial charge in [-0.15, -0.1) is 0 Å². The number of hydrogen-bond acceptors (Lipinski definition) is 3. The van der Waals surface area contributed by atoms with Crippen LogP contribution in [0.2, 0.25) is 19.6 Å². The summed E-state index contributed by atoms with van der Waals surface area (Å²) < 4.78 is 5.05. The molecular formula is C14H21NO3Si. The van der Waals surface area contributed by atoms with Gasteiger partial charge < -0.3 is 4.74 Å². The standard InChI is InChI=1S/C14H21NO3Si/c1-11(16)15(10-19(3,4)5)14(17)12-6-8-13(18-2)9-7-12/h6-9H,10H2,1-5H3. The SMILES string of the molecule is COc1ccc(C(=O)N(C[Si](C)(C)C)C(C)=O)cc1. The Morgan fingerprint density at radius 1 is 1.16 bits per heavy atom. The molecule has 1 aromatic carbocycles. The summed E-state index contributed by atoms with van der Waals surface area (Å²) in [5, 5.41) is 0. The van der Waals surface area contributed by atoms with Crippen molar-refractivity contribution in [2.75, 3.05) is 13.3 Å². The molecule has 0 aromatic heterocycles. The van der Waals surface area contributed by atoms with Gasteiger partial charge in [0.2, 0.25) is 5.91 Å². The van der Waals surface area contributed by atoms with Crippen molar-refractivity contribution in [1.82, 2.24) is 4.90 Å². The van der Waals surface area contributed by atoms with Crippen LogP contribution in [0.5, 0.6) is 5.75 Å². The van der Waals surface area contributed by atoms with E-state index in [1.54, 1.807) is 31.4 Å². The van der Waals surface area contributed by atoms with E-state index in [2.05, 4.69) is 19.6 Å². The van der Waals surface area contributed by atoms with Crippen LogP contribution in [0.15, 0.2) is 24.3 Å². The van der Waals surface area contributed by atoms with E-state index in [1.807, 2.05) is 0 Å². The Kier molecular flexibility index (Phi) is 4.88. The quantitative estimate of drug-likeness (QED) is 0.796. The number of amides is 2. The van der Waals surface area contributed by atoms with E-state index in [1.165, 1.54) is 11.8 Å². The van der Waals surface area contributed by atoms with Crippen LogP contribution in [0.1, 0.15) is 17.3 Å². The first-order valence-corrected chi connectivity index (χ1v) is 9.92. The largest absolute Gasteiger partial charge is 0.497 e. The Hall–Kier alpha value is -1.62. The van der Waals surface area contributed by atoms with E-state index in [0.717, 1.165) is 0 Å². The number of nitrogens with zero attached hydrogens (tertiary/aromatic N) is 1. The van der Waals surface area contributed by atoms with Gasteiger partial charge in [-0.05, 0) is 24.3 Å². The summed E-state index contributed by atoms with van der Waals surface area (Å²) in [6.07, 6.45) is 0.535. The molecule has 1 aromatic rings. The molecule has 0 saturated heterocycles. The van der Waals surface area contributed by atoms with Crippen LogP contribution < -0.4 is 4.74 Å². The van der Waals surface area contributed by atoms with E-state index < -0.39 is 8.07 Å². The summed E-state index contributed by atoms with van der Waals surface area (Å²) in [4.78, 5) is 25.4. The molecule has 0 spiro atoms. The van der Waals surface area contributed by atoms with Gasteiger partial charge in [0, 0.05) is 18.7 Å². The molecule has 2 amide bonds. The summed E-state index contributed by atoms with van der Waals surface area (Å²) >= 11 is 0. The number of methoxy groups -OCH3 is 1. The minimum absolute atomic E-state index is 0.205. The lowest BCUT2D eigenvalue weighted by Gasteiger charge is -2.26. The molecule has 0 aliphatic rings. The topological polar surface area (TPSA) is 46.6 Å². The molecular weight excluding hydrogens is 258 g/mol. The first-order valence-electron chi connectivity index (χ1n) is 6.21. The monoisotopic (exact) mass is 279 g/mol. The van der Waals surface area contributed by atoms with Gasteiger partial charge in [0.25, 0.3) is 5.91 Å². The normalized spacial score (nSPS) is 11.0. The zero-order valence-electron chi connectivity index (χ0n) is 12.2. The summed E-state index contributed by atoms with van der Waals surface area (Å²) in [6.45, 7) is 7.82. The van der Waals surface area contributed by atoms with Gasteiger partial charge in [-0.25, -0.2) is 0 Å². The Labute approximate surface area is 115 Å². The number of benzene rings is 1. The van der Waals surface area contributed by atoms with Crippen molar-refractivity contribution >= 4 is 19.9 Å². The lowest BCUT2D eigenvalue weighted by molar-refractivity contribution is -0.125. The molecule has 0 heterocycles. The van der Waals surface area contributed by atoms with Crippen LogP contribution in [0.4, 0.5) is 0 Å². The molecule has 0 radical (unpaired) electrons. The van der Waals surface area contributed by atoms with Crippen LogP contribution in [0.25, 0.3) is 0 Å². The molecule has 0 fully saturated rings. The number of carbonyl (C=O) groups is 2. The van der Waals surface area contributed by atoms with E-state index >= 15 is 0 Å². The fourth-order valence-corrected chi connectivity index (χ4v) is 3.00. The van der Waals surface area contributed by atoms with Gasteiger partial charge in [0.05, 0.1) is 15.2 Å². The first-order chi connectivity index (χ1) is 8.74. The molecule has 0 bridgehead atoms. The fourth-order valence-electron chi connectivity index (χ4n) is 1.69. The van der Waals surface area contributed by atoms with Crippen molar-refractivity contribution in [3.8, 4) is 5.75 Å². The van der Waals surface area contributed by atoms with Crippen LogP contribution in [0, 0.1) is 0 Å². The molecule has 0 unspecified atom stereocenters. The van der Waals surface area contributed by atoms with E-state index in [0.29, 0.717) is 17.5 Å². The molecule has 19 heavy (non-hydrogen) atoms. The second-order valence-corrected chi connectivity index (χ2v) is 11.1. The summed E-state index contributed by atoms with van der Waals surface area (Å²) in [6, 6.07) is 6.81. The van der Waals surface area contributed by atoms with Crippen molar-refractivity contribution in [3.05, 3.63) is 29.8 Å². The zero-order valence-corrected chi connectivity index (χ0v) is 13.2. The number of ether oxygens (including phenoxy) is 1. The maximum Gasteiger partial charge on any atom is 0.260 e. The van der Waals surface area contributed by atoms with Crippen molar-refractivity contribution < 1.29 is 14.3 Å². The molecule has 5 heteroatoms. The molecule has 0 atom stereocenters. The third-order valence-electron chi connectivity index (χ3n) is 2.59. The lowest BCUT2D eigenvalue weighted by Crippen LogP contribution is -2.46. The van der Waals surface area contributed by atoms with Crippen molar-refractivity contribution in [1.29, 1.82) is 0 Å². The maximum absolute atomic E-state index is 12.4. The van der Waals surface area contributed by atoms with Gasteiger partial charge in [-0.1, -0.05) is 19.6 Å². The number of hydrogen-bond donors (Lipinski definition) is 0.